The number of nitrogens with two attached hydrogens (primary N) is 1. The van der Waals surface area contributed by atoms with Crippen LogP contribution in [0.25, 0.3) is 0 Å². The fourth-order valence-corrected chi connectivity index (χ4v) is 3.29. The molecule has 0 spiro atoms. The van der Waals surface area contributed by atoms with Crippen molar-refractivity contribution in [1.29, 1.82) is 5.41 Å². The van der Waals surface area contributed by atoms with Gasteiger partial charge < -0.3 is 21.1 Å². The molecule has 1 fully saturated rings. The van der Waals surface area contributed by atoms with Crippen molar-refractivity contribution < 1.29 is 4.74 Å². The first-order valence-electron chi connectivity index (χ1n) is 10.0. The van der Waals surface area contributed by atoms with Crippen LogP contribution in [0, 0.1) is 5.41 Å². The van der Waals surface area contributed by atoms with Crippen LogP contribution in [-0.2, 0) is 0 Å². The van der Waals surface area contributed by atoms with Crippen molar-refractivity contribution >= 4 is 17.3 Å². The Morgan fingerprint density at radius 1 is 1.27 bits per heavy atom. The third-order valence-corrected chi connectivity index (χ3v) is 4.80. The average molecular weight is 405 g/mol. The molecular weight excluding hydrogens is 376 g/mol. The molecule has 7 heteroatoms. The number of anilines is 2. The summed E-state index contributed by atoms with van der Waals surface area (Å²) >= 11 is 0. The second-order valence-electron chi connectivity index (χ2n) is 6.96. The zero-order valence-corrected chi connectivity index (χ0v) is 17.2. The van der Waals surface area contributed by atoms with E-state index in [2.05, 4.69) is 27.2 Å². The van der Waals surface area contributed by atoms with Crippen LogP contribution < -0.4 is 21.1 Å². The van der Waals surface area contributed by atoms with Crippen molar-refractivity contribution in [1.82, 2.24) is 15.3 Å². The summed E-state index contributed by atoms with van der Waals surface area (Å²) in [5, 5.41) is 15.5. The number of benzene rings is 1. The summed E-state index contributed by atoms with van der Waals surface area (Å²) in [4.78, 5) is 8.47. The molecule has 1 aromatic heterocycles. The van der Waals surface area contributed by atoms with E-state index in [-0.39, 0.29) is 11.5 Å². The van der Waals surface area contributed by atoms with E-state index in [1.165, 1.54) is 6.33 Å². The van der Waals surface area contributed by atoms with Crippen LogP contribution in [0.5, 0.6) is 5.75 Å². The van der Waals surface area contributed by atoms with Gasteiger partial charge in [-0.15, -0.1) is 0 Å². The summed E-state index contributed by atoms with van der Waals surface area (Å²) in [5.74, 6) is 2.24. The zero-order valence-electron chi connectivity index (χ0n) is 17.2. The van der Waals surface area contributed by atoms with Gasteiger partial charge in [0.25, 0.3) is 0 Å². The van der Waals surface area contributed by atoms with E-state index in [0.717, 1.165) is 25.9 Å². The molecule has 1 aliphatic heterocycles. The molecule has 2 aromatic rings. The molecule has 0 amide bonds. The van der Waals surface area contributed by atoms with Gasteiger partial charge in [-0.3, -0.25) is 5.41 Å². The van der Waals surface area contributed by atoms with E-state index in [9.17, 15) is 0 Å². The SMILES string of the molecule is C=C/C=C(\C=C/C)Oc1ccc(C(=N)c2c(N)ncnc2NC2CCNCC2)cc1. The molecule has 3 rings (SSSR count). The van der Waals surface area contributed by atoms with Gasteiger partial charge >= 0.3 is 0 Å². The predicted molar refractivity (Wildman–Crippen MR) is 122 cm³/mol. The molecule has 7 nitrogen and oxygen atoms in total. The van der Waals surface area contributed by atoms with Crippen LogP contribution in [0.1, 0.15) is 30.9 Å². The largest absolute Gasteiger partial charge is 0.457 e. The van der Waals surface area contributed by atoms with Gasteiger partial charge in [0.1, 0.15) is 29.5 Å². The molecule has 0 unspecified atom stereocenters. The molecule has 1 saturated heterocycles. The Morgan fingerprint density at radius 3 is 2.67 bits per heavy atom. The summed E-state index contributed by atoms with van der Waals surface area (Å²) in [7, 11) is 0. The lowest BCUT2D eigenvalue weighted by molar-refractivity contribution is 0.444. The van der Waals surface area contributed by atoms with Crippen LogP contribution in [0.15, 0.2) is 67.2 Å². The Kier molecular flexibility index (Phi) is 7.34. The molecule has 0 saturated carbocycles. The molecular formula is C23H28N6O. The number of hydrogen-bond acceptors (Lipinski definition) is 7. The molecule has 0 bridgehead atoms. The number of piperidine rings is 1. The number of nitrogen functional groups attached to an aromatic ring is 1. The van der Waals surface area contributed by atoms with Gasteiger partial charge in [-0.2, -0.15) is 0 Å². The fourth-order valence-electron chi connectivity index (χ4n) is 3.29. The van der Waals surface area contributed by atoms with E-state index in [1.54, 1.807) is 12.2 Å². The number of nitrogens with one attached hydrogen (secondary N) is 3. The molecule has 0 radical (unpaired) electrons. The molecule has 1 aromatic carbocycles. The Balaban J connectivity index is 1.81. The van der Waals surface area contributed by atoms with Gasteiger partial charge in [0, 0.05) is 11.6 Å². The van der Waals surface area contributed by atoms with E-state index >= 15 is 0 Å². The third-order valence-electron chi connectivity index (χ3n) is 4.80. The summed E-state index contributed by atoms with van der Waals surface area (Å²) in [5.41, 5.74) is 7.63. The first-order valence-corrected chi connectivity index (χ1v) is 10.0. The average Bonchev–Trinajstić information content (AvgIpc) is 2.75. The molecule has 5 N–H and O–H groups in total. The van der Waals surface area contributed by atoms with E-state index in [0.29, 0.717) is 34.5 Å². The Hall–Kier alpha value is -3.45. The van der Waals surface area contributed by atoms with Crippen molar-refractivity contribution in [2.24, 2.45) is 0 Å². The molecule has 30 heavy (non-hydrogen) atoms. The van der Waals surface area contributed by atoms with Crippen molar-refractivity contribution in [3.63, 3.8) is 0 Å². The van der Waals surface area contributed by atoms with Crippen molar-refractivity contribution in [2.75, 3.05) is 24.1 Å². The van der Waals surface area contributed by atoms with Crippen LogP contribution in [0.3, 0.4) is 0 Å². The topological polar surface area (TPSA) is 109 Å². The van der Waals surface area contributed by atoms with Gasteiger partial charge in [0.2, 0.25) is 0 Å². The normalized spacial score (nSPS) is 15.2. The lowest BCUT2D eigenvalue weighted by Gasteiger charge is -2.25. The van der Waals surface area contributed by atoms with Gasteiger partial charge in [-0.05, 0) is 69.3 Å². The van der Waals surface area contributed by atoms with E-state index in [1.807, 2.05) is 43.3 Å². The number of aromatic nitrogens is 2. The molecule has 2 heterocycles. The maximum absolute atomic E-state index is 8.72. The summed E-state index contributed by atoms with van der Waals surface area (Å²) in [6.45, 7) is 7.55. The van der Waals surface area contributed by atoms with Gasteiger partial charge in [0.05, 0.1) is 11.3 Å². The highest BCUT2D eigenvalue weighted by Gasteiger charge is 2.20. The lowest BCUT2D eigenvalue weighted by Crippen LogP contribution is -2.36. The zero-order chi connectivity index (χ0) is 21.3. The first-order chi connectivity index (χ1) is 14.6. The van der Waals surface area contributed by atoms with Crippen molar-refractivity contribution in [2.45, 2.75) is 25.8 Å². The van der Waals surface area contributed by atoms with Crippen LogP contribution >= 0.6 is 0 Å². The smallest absolute Gasteiger partial charge is 0.141 e. The number of allylic oxidation sites excluding steroid dienone is 4. The van der Waals surface area contributed by atoms with Gasteiger partial charge in [-0.1, -0.05) is 18.7 Å². The van der Waals surface area contributed by atoms with Crippen molar-refractivity contribution in [3.05, 3.63) is 78.4 Å². The fraction of sp³-hybridized carbons (Fsp3) is 0.261. The highest BCUT2D eigenvalue weighted by atomic mass is 16.5. The monoisotopic (exact) mass is 404 g/mol. The Bertz CT molecular complexity index is 943. The molecule has 156 valence electrons. The molecule has 0 atom stereocenters. The number of ether oxygens (including phenoxy) is 1. The second-order valence-corrected chi connectivity index (χ2v) is 6.96. The molecule has 0 aliphatic carbocycles. The van der Waals surface area contributed by atoms with Crippen LogP contribution in [0.2, 0.25) is 0 Å². The first kappa shape index (κ1) is 21.3. The summed E-state index contributed by atoms with van der Waals surface area (Å²) in [6, 6.07) is 7.61. The maximum atomic E-state index is 8.72. The van der Waals surface area contributed by atoms with Crippen LogP contribution in [0.4, 0.5) is 11.6 Å². The Morgan fingerprint density at radius 2 is 2.00 bits per heavy atom. The maximum Gasteiger partial charge on any atom is 0.141 e. The molecule has 1 aliphatic rings. The second kappa shape index (κ2) is 10.4. The van der Waals surface area contributed by atoms with Crippen LogP contribution in [-0.4, -0.2) is 34.8 Å². The lowest BCUT2D eigenvalue weighted by atomic mass is 10.0. The minimum absolute atomic E-state index is 0.270. The summed E-state index contributed by atoms with van der Waals surface area (Å²) < 4.78 is 5.85. The van der Waals surface area contributed by atoms with E-state index < -0.39 is 0 Å². The number of nitrogens with zero attached hydrogens (tertiary/aromatic N) is 2. The van der Waals surface area contributed by atoms with E-state index in [4.69, 9.17) is 15.9 Å². The van der Waals surface area contributed by atoms with Crippen molar-refractivity contribution in [3.8, 4) is 5.75 Å². The minimum Gasteiger partial charge on any atom is -0.457 e. The Labute approximate surface area is 177 Å². The standard InChI is InChI=1S/C23H28N6O/c1-3-5-18(6-4-2)30-19-9-7-16(8-10-19)21(24)20-22(25)27-15-28-23(20)29-17-11-13-26-14-12-17/h3-10,15,17,24,26H,1,11-14H2,2H3,(H3,25,27,28,29)/b6-4-,18-5+,24-21?. The number of rotatable bonds is 8. The number of hydrogen-bond donors (Lipinski definition) is 4. The third kappa shape index (κ3) is 5.33. The highest BCUT2D eigenvalue weighted by molar-refractivity contribution is 6.16. The van der Waals surface area contributed by atoms with Gasteiger partial charge in [-0.25, -0.2) is 9.97 Å². The quantitative estimate of drug-likeness (QED) is 0.304. The van der Waals surface area contributed by atoms with Gasteiger partial charge in [0.15, 0.2) is 0 Å². The minimum atomic E-state index is 0.270. The summed E-state index contributed by atoms with van der Waals surface area (Å²) in [6.07, 6.45) is 10.6. The predicted octanol–water partition coefficient (Wildman–Crippen LogP) is 3.66. The highest BCUT2D eigenvalue weighted by Crippen LogP contribution is 2.25.